The van der Waals surface area contributed by atoms with E-state index in [0.717, 1.165) is 28.2 Å². The fourth-order valence-corrected chi connectivity index (χ4v) is 3.57. The number of ether oxygens (including phenoxy) is 1. The van der Waals surface area contributed by atoms with Crippen LogP contribution in [0.15, 0.2) is 39.9 Å². The van der Waals surface area contributed by atoms with Gasteiger partial charge in [-0.3, -0.25) is 0 Å². The second-order valence-corrected chi connectivity index (χ2v) is 7.99. The Morgan fingerprint density at radius 3 is 2.26 bits per heavy atom. The zero-order valence-electron chi connectivity index (χ0n) is 10.5. The lowest BCUT2D eigenvalue weighted by Crippen LogP contribution is -2.05. The molecule has 0 aliphatic carbocycles. The molecule has 2 aromatic rings. The van der Waals surface area contributed by atoms with Gasteiger partial charge in [-0.2, -0.15) is 0 Å². The van der Waals surface area contributed by atoms with E-state index in [9.17, 15) is 8.42 Å². The Morgan fingerprint density at radius 1 is 1.16 bits per heavy atom. The van der Waals surface area contributed by atoms with E-state index in [0.29, 0.717) is 0 Å². The van der Waals surface area contributed by atoms with Gasteiger partial charge in [-0.1, -0.05) is 12.1 Å². The molecule has 1 aromatic heterocycles. The lowest BCUT2D eigenvalue weighted by molar-refractivity contribution is 0.242. The molecule has 0 aliphatic heterocycles. The number of rotatable bonds is 4. The number of halogens is 1. The average Bonchev–Trinajstić information content (AvgIpc) is 2.78. The van der Waals surface area contributed by atoms with Crippen molar-refractivity contribution in [1.82, 2.24) is 0 Å². The fourth-order valence-electron chi connectivity index (χ4n) is 1.59. The predicted molar refractivity (Wildman–Crippen MR) is 78.6 cm³/mol. The highest BCUT2D eigenvalue weighted by Gasteiger charge is 2.13. The van der Waals surface area contributed by atoms with Gasteiger partial charge in [0.25, 0.3) is 9.05 Å². The van der Waals surface area contributed by atoms with E-state index in [1.165, 1.54) is 0 Å². The zero-order chi connectivity index (χ0) is 14.0. The summed E-state index contributed by atoms with van der Waals surface area (Å²) in [6.45, 7) is 3.93. The number of benzene rings is 1. The second-order valence-electron chi connectivity index (χ2n) is 4.28. The quantitative estimate of drug-likeness (QED) is 0.797. The molecule has 0 radical (unpaired) electrons. The first-order valence-electron chi connectivity index (χ1n) is 5.66. The van der Waals surface area contributed by atoms with E-state index in [1.807, 2.05) is 38.1 Å². The van der Waals surface area contributed by atoms with Crippen LogP contribution in [-0.4, -0.2) is 14.5 Å². The van der Waals surface area contributed by atoms with Crippen molar-refractivity contribution < 1.29 is 13.2 Å². The van der Waals surface area contributed by atoms with Crippen LogP contribution in [0, 0.1) is 0 Å². The van der Waals surface area contributed by atoms with Crippen LogP contribution in [0.1, 0.15) is 13.8 Å². The Balaban J connectivity index is 2.25. The topological polar surface area (TPSA) is 43.4 Å². The van der Waals surface area contributed by atoms with Crippen LogP contribution in [0.25, 0.3) is 11.1 Å². The van der Waals surface area contributed by atoms with Gasteiger partial charge < -0.3 is 4.74 Å². The van der Waals surface area contributed by atoms with Crippen molar-refractivity contribution in [2.75, 3.05) is 0 Å². The van der Waals surface area contributed by atoms with E-state index in [-0.39, 0.29) is 10.3 Å². The zero-order valence-corrected chi connectivity index (χ0v) is 12.8. The molecule has 0 bridgehead atoms. The van der Waals surface area contributed by atoms with Crippen LogP contribution >= 0.6 is 22.0 Å². The maximum Gasteiger partial charge on any atom is 0.270 e. The molecule has 0 fully saturated rings. The monoisotopic (exact) mass is 316 g/mol. The standard InChI is InChI=1S/C13H13ClO3S2/c1-9(2)17-12-5-3-10(4-6-12)11-7-13(18-8-11)19(14,15)16/h3-9H,1-2H3. The van der Waals surface area contributed by atoms with E-state index < -0.39 is 9.05 Å². The molecular weight excluding hydrogens is 304 g/mol. The van der Waals surface area contributed by atoms with Crippen LogP contribution in [0.5, 0.6) is 5.75 Å². The summed E-state index contributed by atoms with van der Waals surface area (Å²) in [5.41, 5.74) is 1.76. The minimum absolute atomic E-state index is 0.125. The van der Waals surface area contributed by atoms with Gasteiger partial charge in [-0.25, -0.2) is 8.42 Å². The van der Waals surface area contributed by atoms with E-state index in [1.54, 1.807) is 11.4 Å². The molecule has 0 unspecified atom stereocenters. The van der Waals surface area contributed by atoms with Crippen molar-refractivity contribution in [2.24, 2.45) is 0 Å². The molecule has 1 heterocycles. The smallest absolute Gasteiger partial charge is 0.270 e. The molecule has 1 aromatic carbocycles. The molecule has 0 saturated carbocycles. The number of hydrogen-bond acceptors (Lipinski definition) is 4. The Labute approximate surface area is 121 Å². The first kappa shape index (κ1) is 14.4. The summed E-state index contributed by atoms with van der Waals surface area (Å²) in [7, 11) is 1.66. The van der Waals surface area contributed by atoms with Crippen molar-refractivity contribution in [2.45, 2.75) is 24.2 Å². The molecule has 0 aliphatic rings. The largest absolute Gasteiger partial charge is 0.491 e. The van der Waals surface area contributed by atoms with Gasteiger partial charge in [0.05, 0.1) is 6.10 Å². The summed E-state index contributed by atoms with van der Waals surface area (Å²) < 4.78 is 28.1. The summed E-state index contributed by atoms with van der Waals surface area (Å²) in [6.07, 6.45) is 0.125. The Kier molecular flexibility index (Phi) is 4.18. The third-order valence-electron chi connectivity index (χ3n) is 2.38. The van der Waals surface area contributed by atoms with E-state index in [2.05, 4.69) is 0 Å². The van der Waals surface area contributed by atoms with Gasteiger partial charge in [0, 0.05) is 10.7 Å². The SMILES string of the molecule is CC(C)Oc1ccc(-c2csc(S(=O)(=O)Cl)c2)cc1. The summed E-state index contributed by atoms with van der Waals surface area (Å²) in [4.78, 5) is 0. The van der Waals surface area contributed by atoms with Crippen molar-refractivity contribution in [1.29, 1.82) is 0 Å². The molecular formula is C13H13ClO3S2. The van der Waals surface area contributed by atoms with Gasteiger partial charge >= 0.3 is 0 Å². The number of hydrogen-bond donors (Lipinski definition) is 0. The molecule has 0 amide bonds. The van der Waals surface area contributed by atoms with Crippen LogP contribution in [-0.2, 0) is 9.05 Å². The molecule has 102 valence electrons. The van der Waals surface area contributed by atoms with Crippen LogP contribution in [0.2, 0.25) is 0 Å². The molecule has 0 atom stereocenters. The minimum atomic E-state index is -3.65. The summed E-state index contributed by atoms with van der Waals surface area (Å²) in [5.74, 6) is 0.791. The number of thiophene rings is 1. The van der Waals surface area contributed by atoms with E-state index in [4.69, 9.17) is 15.4 Å². The predicted octanol–water partition coefficient (Wildman–Crippen LogP) is 4.13. The average molecular weight is 317 g/mol. The third-order valence-corrected chi connectivity index (χ3v) is 5.42. The molecule has 0 spiro atoms. The van der Waals surface area contributed by atoms with Gasteiger partial charge in [-0.05, 0) is 48.6 Å². The normalized spacial score (nSPS) is 11.8. The van der Waals surface area contributed by atoms with Crippen molar-refractivity contribution in [3.05, 3.63) is 35.7 Å². The summed E-state index contributed by atoms with van der Waals surface area (Å²) in [6, 6.07) is 9.09. The highest BCUT2D eigenvalue weighted by atomic mass is 35.7. The second kappa shape index (κ2) is 5.53. The van der Waals surface area contributed by atoms with Gasteiger partial charge in [-0.15, -0.1) is 11.3 Å². The molecule has 3 nitrogen and oxygen atoms in total. The van der Waals surface area contributed by atoms with Crippen molar-refractivity contribution in [3.8, 4) is 16.9 Å². The maximum atomic E-state index is 11.2. The summed E-state index contributed by atoms with van der Waals surface area (Å²) >= 11 is 1.12. The Hall–Kier alpha value is -1.04. The minimum Gasteiger partial charge on any atom is -0.491 e. The highest BCUT2D eigenvalue weighted by molar-refractivity contribution is 8.15. The van der Waals surface area contributed by atoms with Crippen molar-refractivity contribution >= 4 is 31.1 Å². The lowest BCUT2D eigenvalue weighted by Gasteiger charge is -2.09. The highest BCUT2D eigenvalue weighted by Crippen LogP contribution is 2.31. The third kappa shape index (κ3) is 3.72. The first-order chi connectivity index (χ1) is 8.86. The summed E-state index contributed by atoms with van der Waals surface area (Å²) in [5, 5.41) is 1.77. The molecule has 2 rings (SSSR count). The molecule has 0 saturated heterocycles. The Bertz CT molecular complexity index is 657. The molecule has 19 heavy (non-hydrogen) atoms. The Morgan fingerprint density at radius 2 is 1.79 bits per heavy atom. The van der Waals surface area contributed by atoms with Crippen LogP contribution < -0.4 is 4.74 Å². The van der Waals surface area contributed by atoms with E-state index >= 15 is 0 Å². The van der Waals surface area contributed by atoms with Gasteiger partial charge in [0.2, 0.25) is 0 Å². The first-order valence-corrected chi connectivity index (χ1v) is 8.85. The van der Waals surface area contributed by atoms with Gasteiger partial charge in [0.1, 0.15) is 9.96 Å². The van der Waals surface area contributed by atoms with Crippen LogP contribution in [0.3, 0.4) is 0 Å². The fraction of sp³-hybridized carbons (Fsp3) is 0.231. The molecule has 6 heteroatoms. The lowest BCUT2D eigenvalue weighted by atomic mass is 10.1. The van der Waals surface area contributed by atoms with Crippen molar-refractivity contribution in [3.63, 3.8) is 0 Å². The van der Waals surface area contributed by atoms with Crippen LogP contribution in [0.4, 0.5) is 0 Å². The molecule has 0 N–H and O–H groups in total. The maximum absolute atomic E-state index is 11.2. The van der Waals surface area contributed by atoms with Gasteiger partial charge in [0.15, 0.2) is 0 Å².